The Hall–Kier alpha value is -1.71. The second-order valence-corrected chi connectivity index (χ2v) is 3.45. The van der Waals surface area contributed by atoms with E-state index in [1.54, 1.807) is 6.20 Å². The van der Waals surface area contributed by atoms with Gasteiger partial charge in [-0.1, -0.05) is 13.3 Å². The van der Waals surface area contributed by atoms with Crippen molar-refractivity contribution in [1.82, 2.24) is 10.2 Å². The third-order valence-electron chi connectivity index (χ3n) is 2.41. The lowest BCUT2D eigenvalue weighted by molar-refractivity contribution is 0.925. The monoisotopic (exact) mass is 190 g/mol. The lowest BCUT2D eigenvalue weighted by atomic mass is 10.0. The number of rotatable bonds is 2. The number of nitrogens with one attached hydrogen (secondary N) is 1. The fraction of sp³-hybridized carbons (Fsp3) is 0.300. The lowest BCUT2D eigenvalue weighted by Gasteiger charge is -2.07. The van der Waals surface area contributed by atoms with Crippen LogP contribution < -0.4 is 11.5 Å². The molecule has 4 nitrogen and oxygen atoms in total. The van der Waals surface area contributed by atoms with E-state index in [2.05, 4.69) is 17.1 Å². The molecule has 0 aliphatic carbocycles. The molecule has 0 unspecified atom stereocenters. The number of H-pyrrole nitrogens is 1. The highest BCUT2D eigenvalue weighted by Crippen LogP contribution is 2.28. The minimum Gasteiger partial charge on any atom is -0.398 e. The van der Waals surface area contributed by atoms with Gasteiger partial charge in [0, 0.05) is 11.1 Å². The van der Waals surface area contributed by atoms with Gasteiger partial charge in [-0.15, -0.1) is 0 Å². The van der Waals surface area contributed by atoms with E-state index in [0.717, 1.165) is 40.7 Å². The molecule has 0 spiro atoms. The summed E-state index contributed by atoms with van der Waals surface area (Å²) in [6, 6.07) is 1.94. The molecule has 74 valence electrons. The van der Waals surface area contributed by atoms with Gasteiger partial charge >= 0.3 is 0 Å². The van der Waals surface area contributed by atoms with E-state index in [0.29, 0.717) is 0 Å². The number of aromatic amines is 1. The van der Waals surface area contributed by atoms with Crippen LogP contribution in [0, 0.1) is 0 Å². The van der Waals surface area contributed by atoms with E-state index < -0.39 is 0 Å². The van der Waals surface area contributed by atoms with Gasteiger partial charge in [0.15, 0.2) is 0 Å². The van der Waals surface area contributed by atoms with Crippen LogP contribution in [0.1, 0.15) is 18.9 Å². The number of aryl methyl sites for hydroxylation is 1. The molecule has 0 radical (unpaired) electrons. The molecule has 1 heterocycles. The van der Waals surface area contributed by atoms with Crippen LogP contribution in [0.3, 0.4) is 0 Å². The first-order chi connectivity index (χ1) is 6.74. The average molecular weight is 190 g/mol. The van der Waals surface area contributed by atoms with Crippen molar-refractivity contribution in [2.45, 2.75) is 19.8 Å². The predicted molar refractivity (Wildman–Crippen MR) is 58.9 cm³/mol. The number of hydrogen-bond acceptors (Lipinski definition) is 3. The van der Waals surface area contributed by atoms with Crippen LogP contribution in [0.2, 0.25) is 0 Å². The normalized spacial score (nSPS) is 10.9. The predicted octanol–water partition coefficient (Wildman–Crippen LogP) is 1.68. The summed E-state index contributed by atoms with van der Waals surface area (Å²) >= 11 is 0. The number of hydrogen-bond donors (Lipinski definition) is 3. The molecule has 0 fully saturated rings. The van der Waals surface area contributed by atoms with Crippen molar-refractivity contribution in [1.29, 1.82) is 0 Å². The van der Waals surface area contributed by atoms with Crippen LogP contribution in [0.15, 0.2) is 12.3 Å². The van der Waals surface area contributed by atoms with Crippen LogP contribution in [0.5, 0.6) is 0 Å². The van der Waals surface area contributed by atoms with Crippen molar-refractivity contribution >= 4 is 22.3 Å². The zero-order valence-electron chi connectivity index (χ0n) is 8.17. The zero-order valence-corrected chi connectivity index (χ0v) is 8.17. The second kappa shape index (κ2) is 3.21. The lowest BCUT2D eigenvalue weighted by Crippen LogP contribution is -1.98. The second-order valence-electron chi connectivity index (χ2n) is 3.45. The standard InChI is InChI=1S/C10H14N4/c1-2-3-6-4-8(11)7-5-13-14-10(7)9(6)12/h4-5H,2-3,11-12H2,1H3,(H,13,14). The molecular weight excluding hydrogens is 176 g/mol. The smallest absolute Gasteiger partial charge is 0.0903 e. The third kappa shape index (κ3) is 1.19. The average Bonchev–Trinajstić information content (AvgIpc) is 2.63. The van der Waals surface area contributed by atoms with Gasteiger partial charge in [0.1, 0.15) is 0 Å². The molecule has 0 amide bonds. The summed E-state index contributed by atoms with van der Waals surface area (Å²) in [6.45, 7) is 2.12. The first-order valence-corrected chi connectivity index (χ1v) is 4.74. The van der Waals surface area contributed by atoms with E-state index in [4.69, 9.17) is 11.5 Å². The van der Waals surface area contributed by atoms with Gasteiger partial charge in [-0.25, -0.2) is 0 Å². The molecule has 5 N–H and O–H groups in total. The van der Waals surface area contributed by atoms with E-state index in [-0.39, 0.29) is 0 Å². The highest BCUT2D eigenvalue weighted by molar-refractivity contribution is 5.98. The minimum atomic E-state index is 0.742. The number of nitrogen functional groups attached to an aromatic ring is 2. The molecule has 14 heavy (non-hydrogen) atoms. The van der Waals surface area contributed by atoms with Crippen LogP contribution in [-0.4, -0.2) is 10.2 Å². The van der Waals surface area contributed by atoms with Gasteiger partial charge in [0.05, 0.1) is 17.4 Å². The van der Waals surface area contributed by atoms with Gasteiger partial charge in [-0.3, -0.25) is 5.10 Å². The Morgan fingerprint density at radius 1 is 1.43 bits per heavy atom. The summed E-state index contributed by atoms with van der Waals surface area (Å²) in [6.07, 6.45) is 3.71. The van der Waals surface area contributed by atoms with Crippen molar-refractivity contribution in [3.05, 3.63) is 17.8 Å². The van der Waals surface area contributed by atoms with Crippen molar-refractivity contribution in [3.63, 3.8) is 0 Å². The van der Waals surface area contributed by atoms with Crippen molar-refractivity contribution in [3.8, 4) is 0 Å². The number of nitrogens with two attached hydrogens (primary N) is 2. The van der Waals surface area contributed by atoms with E-state index >= 15 is 0 Å². The molecule has 1 aromatic heterocycles. The number of fused-ring (bicyclic) bond motifs is 1. The number of benzene rings is 1. The van der Waals surface area contributed by atoms with E-state index in [9.17, 15) is 0 Å². The Morgan fingerprint density at radius 2 is 2.21 bits per heavy atom. The van der Waals surface area contributed by atoms with Crippen molar-refractivity contribution in [2.24, 2.45) is 0 Å². The quantitative estimate of drug-likeness (QED) is 0.630. The Kier molecular flexibility index (Phi) is 2.04. The van der Waals surface area contributed by atoms with Gasteiger partial charge in [0.25, 0.3) is 0 Å². The van der Waals surface area contributed by atoms with Crippen molar-refractivity contribution in [2.75, 3.05) is 11.5 Å². The summed E-state index contributed by atoms with van der Waals surface area (Å²) in [5.74, 6) is 0. The van der Waals surface area contributed by atoms with Gasteiger partial charge < -0.3 is 11.5 Å². The van der Waals surface area contributed by atoms with Gasteiger partial charge in [0.2, 0.25) is 0 Å². The topological polar surface area (TPSA) is 80.7 Å². The Labute approximate surface area is 82.3 Å². The van der Waals surface area contributed by atoms with Crippen LogP contribution in [0.25, 0.3) is 10.9 Å². The molecular formula is C10H14N4. The molecule has 0 aliphatic rings. The van der Waals surface area contributed by atoms with E-state index in [1.165, 1.54) is 0 Å². The molecule has 0 bridgehead atoms. The van der Waals surface area contributed by atoms with Gasteiger partial charge in [-0.2, -0.15) is 5.10 Å². The van der Waals surface area contributed by atoms with Gasteiger partial charge in [-0.05, 0) is 18.1 Å². The molecule has 0 saturated heterocycles. The van der Waals surface area contributed by atoms with E-state index in [1.807, 2.05) is 6.07 Å². The maximum Gasteiger partial charge on any atom is 0.0903 e. The zero-order chi connectivity index (χ0) is 10.1. The minimum absolute atomic E-state index is 0.742. The number of anilines is 2. The molecule has 2 aromatic rings. The summed E-state index contributed by atoms with van der Waals surface area (Å²) in [5, 5.41) is 7.72. The summed E-state index contributed by atoms with van der Waals surface area (Å²) in [7, 11) is 0. The fourth-order valence-electron chi connectivity index (χ4n) is 1.69. The first kappa shape index (κ1) is 8.87. The maximum atomic E-state index is 5.99. The molecule has 0 atom stereocenters. The summed E-state index contributed by atoms with van der Waals surface area (Å²) in [5.41, 5.74) is 15.3. The molecule has 2 rings (SSSR count). The summed E-state index contributed by atoms with van der Waals surface area (Å²) < 4.78 is 0. The largest absolute Gasteiger partial charge is 0.398 e. The summed E-state index contributed by atoms with van der Waals surface area (Å²) in [4.78, 5) is 0. The Balaban J connectivity index is 2.68. The first-order valence-electron chi connectivity index (χ1n) is 4.74. The third-order valence-corrected chi connectivity index (χ3v) is 2.41. The molecule has 0 aliphatic heterocycles. The molecule has 4 heteroatoms. The molecule has 0 saturated carbocycles. The highest BCUT2D eigenvalue weighted by Gasteiger charge is 2.08. The Morgan fingerprint density at radius 3 is 2.93 bits per heavy atom. The maximum absolute atomic E-state index is 5.99. The fourth-order valence-corrected chi connectivity index (χ4v) is 1.69. The SMILES string of the molecule is CCCc1cc(N)c2cn[nH]c2c1N. The van der Waals surface area contributed by atoms with Crippen LogP contribution >= 0.6 is 0 Å². The van der Waals surface area contributed by atoms with Crippen molar-refractivity contribution < 1.29 is 0 Å². The number of aromatic nitrogens is 2. The van der Waals surface area contributed by atoms with Crippen LogP contribution in [0.4, 0.5) is 11.4 Å². The Bertz CT molecular complexity index is 458. The van der Waals surface area contributed by atoms with Crippen LogP contribution in [-0.2, 0) is 6.42 Å². The molecule has 1 aromatic carbocycles. The number of nitrogens with zero attached hydrogens (tertiary/aromatic N) is 1. The highest BCUT2D eigenvalue weighted by atomic mass is 15.1.